The van der Waals surface area contributed by atoms with Crippen molar-refractivity contribution < 1.29 is 4.42 Å². The zero-order chi connectivity index (χ0) is 11.9. The molecule has 0 radical (unpaired) electrons. The third kappa shape index (κ3) is 3.62. The molecule has 0 spiro atoms. The Balaban J connectivity index is 1.75. The summed E-state index contributed by atoms with van der Waals surface area (Å²) in [6.07, 6.45) is 9.13. The van der Waals surface area contributed by atoms with E-state index in [1.807, 2.05) is 12.1 Å². The molecule has 0 saturated heterocycles. The van der Waals surface area contributed by atoms with Crippen molar-refractivity contribution in [2.24, 2.45) is 0 Å². The second-order valence-corrected chi connectivity index (χ2v) is 4.77. The van der Waals surface area contributed by atoms with Crippen LogP contribution >= 0.6 is 0 Å². The maximum absolute atomic E-state index is 5.80. The van der Waals surface area contributed by atoms with Gasteiger partial charge in [-0.2, -0.15) is 0 Å². The first kappa shape index (κ1) is 12.2. The van der Waals surface area contributed by atoms with Gasteiger partial charge < -0.3 is 4.42 Å². The third-order valence-corrected chi connectivity index (χ3v) is 3.25. The van der Waals surface area contributed by atoms with Gasteiger partial charge in [-0.05, 0) is 18.6 Å². The summed E-state index contributed by atoms with van der Waals surface area (Å²) < 4.78 is 5.80. The average Bonchev–Trinajstić information content (AvgIpc) is 2.76. The number of benzene rings is 1. The van der Waals surface area contributed by atoms with Gasteiger partial charge in [0.15, 0.2) is 0 Å². The average molecular weight is 230 g/mol. The lowest BCUT2D eigenvalue weighted by Crippen LogP contribution is -1.83. The van der Waals surface area contributed by atoms with E-state index in [0.717, 1.165) is 17.8 Å². The van der Waals surface area contributed by atoms with Crippen molar-refractivity contribution in [3.05, 3.63) is 36.1 Å². The van der Waals surface area contributed by atoms with Gasteiger partial charge in [0, 0.05) is 11.8 Å². The van der Waals surface area contributed by atoms with Gasteiger partial charge in [-0.1, -0.05) is 57.2 Å². The molecule has 0 fully saturated rings. The van der Waals surface area contributed by atoms with Crippen molar-refractivity contribution in [2.45, 2.75) is 51.9 Å². The maximum Gasteiger partial charge on any atom is 0.134 e. The highest BCUT2D eigenvalue weighted by molar-refractivity contribution is 5.77. The van der Waals surface area contributed by atoms with Gasteiger partial charge in [0.25, 0.3) is 0 Å². The molecule has 1 aromatic carbocycles. The molecule has 1 heteroatoms. The summed E-state index contributed by atoms with van der Waals surface area (Å²) >= 11 is 0. The van der Waals surface area contributed by atoms with Crippen LogP contribution in [0.3, 0.4) is 0 Å². The smallest absolute Gasteiger partial charge is 0.134 e. The predicted octanol–water partition coefficient (Wildman–Crippen LogP) is 5.34. The van der Waals surface area contributed by atoms with Gasteiger partial charge >= 0.3 is 0 Å². The van der Waals surface area contributed by atoms with Crippen molar-refractivity contribution in [3.8, 4) is 0 Å². The number of hydrogen-bond donors (Lipinski definition) is 0. The molecule has 0 amide bonds. The Hall–Kier alpha value is -1.24. The van der Waals surface area contributed by atoms with E-state index in [0.29, 0.717) is 0 Å². The molecular formula is C16H22O. The maximum atomic E-state index is 5.80. The van der Waals surface area contributed by atoms with E-state index >= 15 is 0 Å². The lowest BCUT2D eigenvalue weighted by atomic mass is 10.1. The molecule has 0 bridgehead atoms. The summed E-state index contributed by atoms with van der Waals surface area (Å²) in [4.78, 5) is 0. The summed E-state index contributed by atoms with van der Waals surface area (Å²) in [6, 6.07) is 10.4. The lowest BCUT2D eigenvalue weighted by Gasteiger charge is -1.98. The number of hydrogen-bond acceptors (Lipinski definition) is 1. The number of fused-ring (bicyclic) bond motifs is 1. The van der Waals surface area contributed by atoms with Crippen LogP contribution in [0.15, 0.2) is 34.7 Å². The summed E-state index contributed by atoms with van der Waals surface area (Å²) in [7, 11) is 0. The molecule has 0 unspecified atom stereocenters. The summed E-state index contributed by atoms with van der Waals surface area (Å²) in [6.45, 7) is 2.26. The van der Waals surface area contributed by atoms with Crippen LogP contribution in [-0.4, -0.2) is 0 Å². The third-order valence-electron chi connectivity index (χ3n) is 3.25. The topological polar surface area (TPSA) is 13.1 Å². The summed E-state index contributed by atoms with van der Waals surface area (Å²) in [5, 5.41) is 1.23. The van der Waals surface area contributed by atoms with Crippen molar-refractivity contribution in [2.75, 3.05) is 0 Å². The fourth-order valence-electron chi connectivity index (χ4n) is 2.24. The quantitative estimate of drug-likeness (QED) is 0.585. The molecule has 2 aromatic rings. The van der Waals surface area contributed by atoms with Crippen LogP contribution in [0, 0.1) is 0 Å². The molecule has 0 aliphatic carbocycles. The number of aryl methyl sites for hydroxylation is 1. The van der Waals surface area contributed by atoms with E-state index in [-0.39, 0.29) is 0 Å². The molecule has 0 N–H and O–H groups in total. The second kappa shape index (κ2) is 6.48. The molecule has 1 nitrogen and oxygen atoms in total. The minimum absolute atomic E-state index is 1.02. The molecule has 17 heavy (non-hydrogen) atoms. The van der Waals surface area contributed by atoms with Crippen molar-refractivity contribution >= 4 is 11.0 Å². The second-order valence-electron chi connectivity index (χ2n) is 4.77. The zero-order valence-corrected chi connectivity index (χ0v) is 10.7. The SMILES string of the molecule is CCCCCCCCc1cc2ccccc2o1. The highest BCUT2D eigenvalue weighted by atomic mass is 16.3. The minimum Gasteiger partial charge on any atom is -0.461 e. The van der Waals surface area contributed by atoms with Crippen LogP contribution in [0.5, 0.6) is 0 Å². The Kier molecular flexibility index (Phi) is 4.66. The van der Waals surface area contributed by atoms with Gasteiger partial charge in [0.1, 0.15) is 11.3 Å². The fourth-order valence-corrected chi connectivity index (χ4v) is 2.24. The first-order valence-corrected chi connectivity index (χ1v) is 6.87. The summed E-state index contributed by atoms with van der Waals surface area (Å²) in [5.74, 6) is 1.14. The predicted molar refractivity (Wildman–Crippen MR) is 73.3 cm³/mol. The molecule has 0 aliphatic rings. The number of para-hydroxylation sites is 1. The molecule has 0 aliphatic heterocycles. The van der Waals surface area contributed by atoms with Crippen LogP contribution in [0.2, 0.25) is 0 Å². The molecule has 1 heterocycles. The van der Waals surface area contributed by atoms with Crippen LogP contribution < -0.4 is 0 Å². The van der Waals surface area contributed by atoms with Crippen LogP contribution in [0.25, 0.3) is 11.0 Å². The number of furan rings is 1. The van der Waals surface area contributed by atoms with E-state index in [1.165, 1.54) is 43.9 Å². The molecule has 1 aromatic heterocycles. The van der Waals surface area contributed by atoms with Gasteiger partial charge in [0.2, 0.25) is 0 Å². The zero-order valence-electron chi connectivity index (χ0n) is 10.7. The van der Waals surface area contributed by atoms with Crippen LogP contribution in [0.1, 0.15) is 51.2 Å². The molecule has 0 saturated carbocycles. The van der Waals surface area contributed by atoms with Gasteiger partial charge in [0.05, 0.1) is 0 Å². The number of rotatable bonds is 7. The Morgan fingerprint density at radius 2 is 1.71 bits per heavy atom. The Bertz CT molecular complexity index is 408. The Morgan fingerprint density at radius 3 is 2.53 bits per heavy atom. The minimum atomic E-state index is 1.02. The van der Waals surface area contributed by atoms with Crippen molar-refractivity contribution in [1.82, 2.24) is 0 Å². The van der Waals surface area contributed by atoms with E-state index in [4.69, 9.17) is 4.42 Å². The molecular weight excluding hydrogens is 208 g/mol. The first-order chi connectivity index (χ1) is 8.40. The number of unbranched alkanes of at least 4 members (excludes halogenated alkanes) is 5. The van der Waals surface area contributed by atoms with Gasteiger partial charge in [-0.3, -0.25) is 0 Å². The van der Waals surface area contributed by atoms with E-state index in [2.05, 4.69) is 25.1 Å². The standard InChI is InChI=1S/C16H22O/c1-2-3-4-5-6-7-11-15-13-14-10-8-9-12-16(14)17-15/h8-10,12-13H,2-7,11H2,1H3. The van der Waals surface area contributed by atoms with Crippen LogP contribution in [0.4, 0.5) is 0 Å². The highest BCUT2D eigenvalue weighted by Crippen LogP contribution is 2.20. The fraction of sp³-hybridized carbons (Fsp3) is 0.500. The van der Waals surface area contributed by atoms with Crippen LogP contribution in [-0.2, 0) is 6.42 Å². The first-order valence-electron chi connectivity index (χ1n) is 6.87. The van der Waals surface area contributed by atoms with E-state index in [1.54, 1.807) is 0 Å². The highest BCUT2D eigenvalue weighted by Gasteiger charge is 2.02. The largest absolute Gasteiger partial charge is 0.461 e. The molecule has 92 valence electrons. The van der Waals surface area contributed by atoms with Gasteiger partial charge in [-0.15, -0.1) is 0 Å². The van der Waals surface area contributed by atoms with E-state index < -0.39 is 0 Å². The Morgan fingerprint density at radius 1 is 0.941 bits per heavy atom. The Labute approximate surface area is 104 Å². The molecule has 2 rings (SSSR count). The normalized spacial score (nSPS) is 11.1. The van der Waals surface area contributed by atoms with E-state index in [9.17, 15) is 0 Å². The van der Waals surface area contributed by atoms with Gasteiger partial charge in [-0.25, -0.2) is 0 Å². The van der Waals surface area contributed by atoms with Crippen molar-refractivity contribution in [1.29, 1.82) is 0 Å². The molecule has 0 atom stereocenters. The monoisotopic (exact) mass is 230 g/mol. The van der Waals surface area contributed by atoms with Crippen molar-refractivity contribution in [3.63, 3.8) is 0 Å². The lowest BCUT2D eigenvalue weighted by molar-refractivity contribution is 0.521. The summed E-state index contributed by atoms with van der Waals surface area (Å²) in [5.41, 5.74) is 1.02.